The number of nitrogen functional groups attached to an aromatic ring is 1. The van der Waals surface area contributed by atoms with E-state index in [1.807, 2.05) is 0 Å². The van der Waals surface area contributed by atoms with Gasteiger partial charge in [0.1, 0.15) is 0 Å². The monoisotopic (exact) mass is 227 g/mol. The number of hydrogen-bond acceptors (Lipinski definition) is 3. The van der Waals surface area contributed by atoms with E-state index in [0.29, 0.717) is 0 Å². The second-order valence-corrected chi connectivity index (χ2v) is 2.96. The van der Waals surface area contributed by atoms with Crippen LogP contribution in [0.3, 0.4) is 0 Å². The molecule has 2 N–H and O–H groups in total. The van der Waals surface area contributed by atoms with E-state index >= 15 is 0 Å². The molecule has 1 aromatic rings. The maximum absolute atomic E-state index is 13.2. The molecule has 0 aliphatic rings. The van der Waals surface area contributed by atoms with Gasteiger partial charge in [0.05, 0.1) is 12.3 Å². The highest BCUT2D eigenvalue weighted by Gasteiger charge is 2.09. The van der Waals surface area contributed by atoms with Crippen LogP contribution in [0.25, 0.3) is 6.08 Å². The van der Waals surface area contributed by atoms with Gasteiger partial charge in [-0.2, -0.15) is 0 Å². The number of esters is 1. The van der Waals surface area contributed by atoms with Crippen LogP contribution in [0, 0.1) is 11.6 Å². The zero-order chi connectivity index (χ0) is 12.1. The Labute approximate surface area is 91.5 Å². The number of ether oxygens (including phenoxy) is 1. The summed E-state index contributed by atoms with van der Waals surface area (Å²) in [6.07, 6.45) is 2.16. The summed E-state index contributed by atoms with van der Waals surface area (Å²) >= 11 is 0. The summed E-state index contributed by atoms with van der Waals surface area (Å²) in [7, 11) is 0. The van der Waals surface area contributed by atoms with Crippen LogP contribution < -0.4 is 5.73 Å². The minimum atomic E-state index is -1.12. The van der Waals surface area contributed by atoms with Crippen molar-refractivity contribution in [3.8, 4) is 0 Å². The van der Waals surface area contributed by atoms with Crippen LogP contribution in [0.1, 0.15) is 12.5 Å². The predicted molar refractivity (Wildman–Crippen MR) is 56.4 cm³/mol. The molecule has 0 saturated heterocycles. The molecular weight excluding hydrogens is 216 g/mol. The Morgan fingerprint density at radius 2 is 2.12 bits per heavy atom. The first-order valence-corrected chi connectivity index (χ1v) is 4.64. The van der Waals surface area contributed by atoms with Gasteiger partial charge in [0.15, 0.2) is 11.6 Å². The molecule has 0 amide bonds. The average molecular weight is 227 g/mol. The Morgan fingerprint density at radius 3 is 2.75 bits per heavy atom. The lowest BCUT2D eigenvalue weighted by Gasteiger charge is -2.01. The van der Waals surface area contributed by atoms with E-state index in [1.165, 1.54) is 12.1 Å². The van der Waals surface area contributed by atoms with Gasteiger partial charge < -0.3 is 10.5 Å². The number of nitrogens with two attached hydrogens (primary N) is 1. The van der Waals surface area contributed by atoms with Gasteiger partial charge >= 0.3 is 5.97 Å². The maximum Gasteiger partial charge on any atom is 0.330 e. The molecule has 0 spiro atoms. The van der Waals surface area contributed by atoms with Crippen molar-refractivity contribution in [1.82, 2.24) is 0 Å². The quantitative estimate of drug-likeness (QED) is 0.489. The molecule has 0 bridgehead atoms. The van der Waals surface area contributed by atoms with Crippen molar-refractivity contribution in [1.29, 1.82) is 0 Å². The highest BCUT2D eigenvalue weighted by atomic mass is 19.2. The molecule has 0 aromatic heterocycles. The van der Waals surface area contributed by atoms with Crippen molar-refractivity contribution in [3.63, 3.8) is 0 Å². The number of benzene rings is 1. The number of anilines is 1. The SMILES string of the molecule is CCOC(=O)C=Cc1ccc(N)c(F)c1F. The molecule has 0 atom stereocenters. The van der Waals surface area contributed by atoms with Gasteiger partial charge in [-0.1, -0.05) is 0 Å². The van der Waals surface area contributed by atoms with Crippen LogP contribution in [-0.2, 0) is 9.53 Å². The summed E-state index contributed by atoms with van der Waals surface area (Å²) in [4.78, 5) is 10.9. The summed E-state index contributed by atoms with van der Waals surface area (Å²) in [5.41, 5.74) is 4.83. The van der Waals surface area contributed by atoms with E-state index in [9.17, 15) is 13.6 Å². The van der Waals surface area contributed by atoms with Crippen molar-refractivity contribution in [2.75, 3.05) is 12.3 Å². The minimum absolute atomic E-state index is 0.0558. The summed E-state index contributed by atoms with van der Waals surface area (Å²) in [5, 5.41) is 0. The molecule has 1 aromatic carbocycles. The van der Waals surface area contributed by atoms with Crippen molar-refractivity contribution < 1.29 is 18.3 Å². The normalized spacial score (nSPS) is 10.7. The molecule has 0 radical (unpaired) electrons. The first-order valence-electron chi connectivity index (χ1n) is 4.64. The second kappa shape index (κ2) is 5.25. The molecular formula is C11H11F2NO2. The third-order valence-electron chi connectivity index (χ3n) is 1.83. The van der Waals surface area contributed by atoms with Crippen LogP contribution in [-0.4, -0.2) is 12.6 Å². The van der Waals surface area contributed by atoms with Crippen LogP contribution in [0.15, 0.2) is 18.2 Å². The van der Waals surface area contributed by atoms with Gasteiger partial charge in [-0.05, 0) is 25.1 Å². The van der Waals surface area contributed by atoms with Crippen LogP contribution in [0.4, 0.5) is 14.5 Å². The van der Waals surface area contributed by atoms with Crippen molar-refractivity contribution in [3.05, 3.63) is 35.4 Å². The molecule has 0 aliphatic carbocycles. The average Bonchev–Trinajstić information content (AvgIpc) is 2.25. The Hall–Kier alpha value is -1.91. The molecule has 0 aliphatic heterocycles. The summed E-state index contributed by atoms with van der Waals surface area (Å²) in [5.74, 6) is -2.81. The summed E-state index contributed by atoms with van der Waals surface area (Å²) in [6.45, 7) is 1.87. The summed E-state index contributed by atoms with van der Waals surface area (Å²) in [6, 6.07) is 2.51. The molecule has 3 nitrogen and oxygen atoms in total. The van der Waals surface area contributed by atoms with E-state index in [0.717, 1.165) is 12.2 Å². The second-order valence-electron chi connectivity index (χ2n) is 2.96. The number of hydrogen-bond donors (Lipinski definition) is 1. The number of carbonyl (C=O) groups excluding carboxylic acids is 1. The Bertz CT molecular complexity index is 430. The number of carbonyl (C=O) groups is 1. The van der Waals surface area contributed by atoms with Crippen molar-refractivity contribution >= 4 is 17.7 Å². The Morgan fingerprint density at radius 1 is 1.44 bits per heavy atom. The fourth-order valence-electron chi connectivity index (χ4n) is 1.06. The van der Waals surface area contributed by atoms with E-state index in [-0.39, 0.29) is 17.9 Å². The molecule has 0 heterocycles. The Kier molecular flexibility index (Phi) is 3.99. The van der Waals surface area contributed by atoms with E-state index in [1.54, 1.807) is 6.92 Å². The summed E-state index contributed by atoms with van der Waals surface area (Å²) < 4.78 is 30.8. The smallest absolute Gasteiger partial charge is 0.330 e. The van der Waals surface area contributed by atoms with E-state index in [4.69, 9.17) is 5.73 Å². The van der Waals surface area contributed by atoms with Gasteiger partial charge in [-0.15, -0.1) is 0 Å². The third-order valence-corrected chi connectivity index (χ3v) is 1.83. The number of rotatable bonds is 3. The zero-order valence-corrected chi connectivity index (χ0v) is 8.67. The topological polar surface area (TPSA) is 52.3 Å². The molecule has 86 valence electrons. The van der Waals surface area contributed by atoms with Crippen LogP contribution in [0.2, 0.25) is 0 Å². The lowest BCUT2D eigenvalue weighted by atomic mass is 10.1. The number of halogens is 2. The standard InChI is InChI=1S/C11H11F2NO2/c1-2-16-9(15)6-4-7-3-5-8(14)11(13)10(7)12/h3-6H,2,14H2,1H3. The van der Waals surface area contributed by atoms with Crippen LogP contribution in [0.5, 0.6) is 0 Å². The molecule has 16 heavy (non-hydrogen) atoms. The van der Waals surface area contributed by atoms with E-state index in [2.05, 4.69) is 4.74 Å². The van der Waals surface area contributed by atoms with Crippen LogP contribution >= 0.6 is 0 Å². The molecule has 1 rings (SSSR count). The fraction of sp³-hybridized carbons (Fsp3) is 0.182. The third kappa shape index (κ3) is 2.79. The van der Waals surface area contributed by atoms with Crippen molar-refractivity contribution in [2.45, 2.75) is 6.92 Å². The largest absolute Gasteiger partial charge is 0.463 e. The zero-order valence-electron chi connectivity index (χ0n) is 8.67. The van der Waals surface area contributed by atoms with Crippen molar-refractivity contribution in [2.24, 2.45) is 0 Å². The van der Waals surface area contributed by atoms with Gasteiger partial charge in [-0.3, -0.25) is 0 Å². The van der Waals surface area contributed by atoms with Gasteiger partial charge in [-0.25, -0.2) is 13.6 Å². The molecule has 0 unspecified atom stereocenters. The highest BCUT2D eigenvalue weighted by Crippen LogP contribution is 2.18. The first kappa shape index (κ1) is 12.2. The van der Waals surface area contributed by atoms with E-state index < -0.39 is 17.6 Å². The van der Waals surface area contributed by atoms with Gasteiger partial charge in [0.25, 0.3) is 0 Å². The lowest BCUT2D eigenvalue weighted by Crippen LogP contribution is -2.00. The minimum Gasteiger partial charge on any atom is -0.463 e. The molecule has 0 fully saturated rings. The first-order chi connectivity index (χ1) is 7.56. The molecule has 5 heteroatoms. The fourth-order valence-corrected chi connectivity index (χ4v) is 1.06. The Balaban J connectivity index is 2.90. The maximum atomic E-state index is 13.2. The van der Waals surface area contributed by atoms with Gasteiger partial charge in [0, 0.05) is 11.6 Å². The predicted octanol–water partition coefficient (Wildman–Crippen LogP) is 2.12. The van der Waals surface area contributed by atoms with Gasteiger partial charge in [0.2, 0.25) is 0 Å². The molecule has 0 saturated carbocycles. The lowest BCUT2D eigenvalue weighted by molar-refractivity contribution is -0.137. The highest BCUT2D eigenvalue weighted by molar-refractivity contribution is 5.87.